The molecule has 3 rings (SSSR count). The largest absolute Gasteiger partial charge is 0.497 e. The molecule has 0 saturated heterocycles. The van der Waals surface area contributed by atoms with E-state index in [0.717, 1.165) is 10.1 Å². The Morgan fingerprint density at radius 1 is 1.08 bits per heavy atom. The molecule has 0 aliphatic rings. The van der Waals surface area contributed by atoms with Crippen LogP contribution in [0, 0.1) is 5.41 Å². The number of nitrogens with zero attached hydrogens (tertiary/aromatic N) is 4. The Balaban J connectivity index is 1.97. The molecular weight excluding hydrogens is 505 g/mol. The summed E-state index contributed by atoms with van der Waals surface area (Å²) >= 11 is 12.1. The third kappa shape index (κ3) is 6.58. The van der Waals surface area contributed by atoms with Gasteiger partial charge in [0.1, 0.15) is 5.75 Å². The standard InChI is InChI=1S/C24H29Cl2N7O3/c1-15(2)31(21(27)28)11-10-29-22-30-23(34)33(14-17-6-9-19(25)20(26)12-17)24(35)32(22)13-16-4-7-18(36-3)8-5-16/h4-9,12,15H,10-11,13-14H2,1-3H3,(H3,27,28)(H,29,30,34). The van der Waals surface area contributed by atoms with Crippen LogP contribution in [0.15, 0.2) is 52.1 Å². The Bertz CT molecular complexity index is 1340. The van der Waals surface area contributed by atoms with Crippen LogP contribution in [0.25, 0.3) is 0 Å². The van der Waals surface area contributed by atoms with E-state index >= 15 is 0 Å². The molecule has 3 aromatic rings. The lowest BCUT2D eigenvalue weighted by Gasteiger charge is -2.27. The summed E-state index contributed by atoms with van der Waals surface area (Å²) in [6.07, 6.45) is 0. The predicted octanol–water partition coefficient (Wildman–Crippen LogP) is 2.83. The van der Waals surface area contributed by atoms with Crippen LogP contribution in [-0.4, -0.2) is 51.2 Å². The molecule has 0 aliphatic heterocycles. The van der Waals surface area contributed by atoms with Gasteiger partial charge in [-0.1, -0.05) is 41.4 Å². The average Bonchev–Trinajstić information content (AvgIpc) is 2.83. The van der Waals surface area contributed by atoms with Gasteiger partial charge in [-0.05, 0) is 49.2 Å². The van der Waals surface area contributed by atoms with Gasteiger partial charge in [0.2, 0.25) is 5.95 Å². The summed E-state index contributed by atoms with van der Waals surface area (Å²) in [5.41, 5.74) is 5.88. The highest BCUT2D eigenvalue weighted by Crippen LogP contribution is 2.22. The van der Waals surface area contributed by atoms with Crippen LogP contribution in [0.2, 0.25) is 10.0 Å². The minimum absolute atomic E-state index is 0.0120. The highest BCUT2D eigenvalue weighted by molar-refractivity contribution is 6.42. The van der Waals surface area contributed by atoms with E-state index in [0.29, 0.717) is 34.4 Å². The van der Waals surface area contributed by atoms with Crippen LogP contribution in [-0.2, 0) is 13.1 Å². The van der Waals surface area contributed by atoms with Crippen molar-refractivity contribution < 1.29 is 4.74 Å². The summed E-state index contributed by atoms with van der Waals surface area (Å²) in [4.78, 5) is 32.2. The average molecular weight is 534 g/mol. The predicted molar refractivity (Wildman–Crippen MR) is 143 cm³/mol. The fraction of sp³-hybridized carbons (Fsp3) is 0.333. The molecule has 0 unspecified atom stereocenters. The summed E-state index contributed by atoms with van der Waals surface area (Å²) in [6, 6.07) is 12.2. The number of nitrogens with two attached hydrogens (primary N) is 1. The molecule has 36 heavy (non-hydrogen) atoms. The number of guanidine groups is 1. The van der Waals surface area contributed by atoms with Crippen molar-refractivity contribution >= 4 is 35.1 Å². The van der Waals surface area contributed by atoms with Gasteiger partial charge in [-0.15, -0.1) is 0 Å². The van der Waals surface area contributed by atoms with Crippen molar-refractivity contribution in [3.05, 3.63) is 84.6 Å². The van der Waals surface area contributed by atoms with E-state index in [1.54, 1.807) is 42.3 Å². The normalized spacial score (nSPS) is 10.9. The van der Waals surface area contributed by atoms with Crippen LogP contribution >= 0.6 is 23.2 Å². The molecule has 0 amide bonds. The van der Waals surface area contributed by atoms with Gasteiger partial charge < -0.3 is 20.7 Å². The second-order valence-corrected chi connectivity index (χ2v) is 9.18. The first-order chi connectivity index (χ1) is 17.1. The summed E-state index contributed by atoms with van der Waals surface area (Å²) in [5, 5.41) is 11.5. The minimum atomic E-state index is -0.702. The van der Waals surface area contributed by atoms with Crippen LogP contribution in [0.4, 0.5) is 5.95 Å². The molecule has 2 aromatic carbocycles. The molecular formula is C24H29Cl2N7O3. The van der Waals surface area contributed by atoms with Gasteiger partial charge >= 0.3 is 11.4 Å². The SMILES string of the molecule is COc1ccc(Cn2c(NCCN(C(=N)N)C(C)C)nc(=O)n(Cc3ccc(Cl)c(Cl)c3)c2=O)cc1. The topological polar surface area (TPSA) is 131 Å². The van der Waals surface area contributed by atoms with Crippen molar-refractivity contribution in [3.8, 4) is 5.75 Å². The molecule has 1 heterocycles. The zero-order valence-corrected chi connectivity index (χ0v) is 21.8. The molecule has 10 nitrogen and oxygen atoms in total. The summed E-state index contributed by atoms with van der Waals surface area (Å²) in [5.74, 6) is 0.746. The van der Waals surface area contributed by atoms with Gasteiger partial charge in [0.25, 0.3) is 0 Å². The molecule has 4 N–H and O–H groups in total. The Hall–Kier alpha value is -3.50. The molecule has 192 valence electrons. The summed E-state index contributed by atoms with van der Waals surface area (Å²) in [6.45, 7) is 4.68. The first-order valence-corrected chi connectivity index (χ1v) is 12.0. The Morgan fingerprint density at radius 2 is 1.72 bits per heavy atom. The molecule has 1 aromatic heterocycles. The van der Waals surface area contributed by atoms with Crippen LogP contribution in [0.3, 0.4) is 0 Å². The second-order valence-electron chi connectivity index (χ2n) is 8.37. The second kappa shape index (κ2) is 12.0. The Kier molecular flexibility index (Phi) is 9.00. The number of hydrogen-bond acceptors (Lipinski definition) is 6. The lowest BCUT2D eigenvalue weighted by molar-refractivity contribution is 0.355. The number of benzene rings is 2. The van der Waals surface area contributed by atoms with Crippen molar-refractivity contribution in [2.45, 2.75) is 33.0 Å². The van der Waals surface area contributed by atoms with E-state index in [2.05, 4.69) is 10.3 Å². The number of rotatable bonds is 10. The first kappa shape index (κ1) is 27.1. The van der Waals surface area contributed by atoms with E-state index in [-0.39, 0.29) is 31.0 Å². The summed E-state index contributed by atoms with van der Waals surface area (Å²) < 4.78 is 7.65. The van der Waals surface area contributed by atoms with E-state index in [1.807, 2.05) is 26.0 Å². The minimum Gasteiger partial charge on any atom is -0.497 e. The van der Waals surface area contributed by atoms with E-state index in [4.69, 9.17) is 39.1 Å². The maximum Gasteiger partial charge on any atom is 0.355 e. The zero-order valence-electron chi connectivity index (χ0n) is 20.3. The van der Waals surface area contributed by atoms with Crippen molar-refractivity contribution in [3.63, 3.8) is 0 Å². The van der Waals surface area contributed by atoms with Crippen LogP contribution < -0.4 is 27.2 Å². The Morgan fingerprint density at radius 3 is 2.31 bits per heavy atom. The monoisotopic (exact) mass is 533 g/mol. The van der Waals surface area contributed by atoms with Gasteiger partial charge in [0.15, 0.2) is 5.96 Å². The number of halogens is 2. The van der Waals surface area contributed by atoms with E-state index in [9.17, 15) is 9.59 Å². The number of nitrogens with one attached hydrogen (secondary N) is 2. The molecule has 0 fully saturated rings. The molecule has 0 radical (unpaired) electrons. The van der Waals surface area contributed by atoms with Gasteiger partial charge in [0.05, 0.1) is 30.2 Å². The molecule has 0 bridgehead atoms. The number of hydrogen-bond donors (Lipinski definition) is 3. The molecule has 0 aliphatic carbocycles. The van der Waals surface area contributed by atoms with Crippen LogP contribution in [0.5, 0.6) is 5.75 Å². The highest BCUT2D eigenvalue weighted by Gasteiger charge is 2.16. The lowest BCUT2D eigenvalue weighted by Crippen LogP contribution is -2.45. The number of anilines is 1. The van der Waals surface area contributed by atoms with Crippen molar-refractivity contribution in [1.82, 2.24) is 19.0 Å². The number of aromatic nitrogens is 3. The van der Waals surface area contributed by atoms with E-state index < -0.39 is 11.4 Å². The summed E-state index contributed by atoms with van der Waals surface area (Å²) in [7, 11) is 1.58. The van der Waals surface area contributed by atoms with Crippen molar-refractivity contribution in [1.29, 1.82) is 5.41 Å². The maximum absolute atomic E-state index is 13.5. The van der Waals surface area contributed by atoms with Gasteiger partial charge in [-0.2, -0.15) is 4.98 Å². The molecule has 0 saturated carbocycles. The quantitative estimate of drug-likeness (QED) is 0.269. The van der Waals surface area contributed by atoms with Gasteiger partial charge in [-0.25, -0.2) is 14.2 Å². The number of methoxy groups -OCH3 is 1. The highest BCUT2D eigenvalue weighted by atomic mass is 35.5. The molecule has 0 atom stereocenters. The fourth-order valence-corrected chi connectivity index (χ4v) is 3.94. The number of ether oxygens (including phenoxy) is 1. The third-order valence-corrected chi connectivity index (χ3v) is 6.28. The van der Waals surface area contributed by atoms with Crippen molar-refractivity contribution in [2.24, 2.45) is 5.73 Å². The first-order valence-electron chi connectivity index (χ1n) is 11.2. The fourth-order valence-electron chi connectivity index (χ4n) is 3.62. The Labute approximate surface area is 218 Å². The molecule has 12 heteroatoms. The lowest BCUT2D eigenvalue weighted by atomic mass is 10.2. The smallest absolute Gasteiger partial charge is 0.355 e. The third-order valence-electron chi connectivity index (χ3n) is 5.54. The van der Waals surface area contributed by atoms with Gasteiger partial charge in [-0.3, -0.25) is 9.98 Å². The van der Waals surface area contributed by atoms with Gasteiger partial charge in [0, 0.05) is 19.1 Å². The maximum atomic E-state index is 13.5. The van der Waals surface area contributed by atoms with Crippen LogP contribution in [0.1, 0.15) is 25.0 Å². The zero-order chi connectivity index (χ0) is 26.4. The van der Waals surface area contributed by atoms with Crippen molar-refractivity contribution in [2.75, 3.05) is 25.5 Å². The molecule has 0 spiro atoms. The van der Waals surface area contributed by atoms with E-state index in [1.165, 1.54) is 4.57 Å².